The van der Waals surface area contributed by atoms with Crippen molar-refractivity contribution in [3.63, 3.8) is 0 Å². The molecule has 0 amide bonds. The number of aryl methyl sites for hydroxylation is 2. The van der Waals surface area contributed by atoms with Gasteiger partial charge in [0.25, 0.3) is 0 Å². The zero-order chi connectivity index (χ0) is 44.5. The largest absolute Gasteiger partial charge is 0.472 e. The van der Waals surface area contributed by atoms with Crippen molar-refractivity contribution in [1.82, 2.24) is 0 Å². The van der Waals surface area contributed by atoms with Gasteiger partial charge >= 0.3 is 19.8 Å². The monoisotopic (exact) mass is 867 g/mol. The number of carbonyl (C=O) groups is 3. The fraction of sp³-hybridized carbons (Fsp3) is 0.771. The van der Waals surface area contributed by atoms with E-state index in [1.165, 1.54) is 49.0 Å². The minimum Gasteiger partial charge on any atom is -0.466 e. The lowest BCUT2D eigenvalue weighted by atomic mass is 10.0. The van der Waals surface area contributed by atoms with E-state index < -0.39 is 32.5 Å². The molecular formula is C48H85NO10P+. The van der Waals surface area contributed by atoms with Crippen molar-refractivity contribution in [3.05, 3.63) is 47.0 Å². The smallest absolute Gasteiger partial charge is 0.466 e. The van der Waals surface area contributed by atoms with Crippen molar-refractivity contribution in [3.8, 4) is 0 Å². The van der Waals surface area contributed by atoms with Crippen LogP contribution in [0.1, 0.15) is 184 Å². The van der Waals surface area contributed by atoms with Crippen molar-refractivity contribution in [1.29, 1.82) is 0 Å². The molecule has 0 aliphatic heterocycles. The van der Waals surface area contributed by atoms with Crippen LogP contribution in [0.5, 0.6) is 0 Å². The molecule has 1 aromatic heterocycles. The number of quaternary nitrogens is 1. The Balaban J connectivity index is 2.37. The Labute approximate surface area is 364 Å². The number of esters is 2. The van der Waals surface area contributed by atoms with E-state index in [0.717, 1.165) is 102 Å². The molecule has 0 fully saturated rings. The van der Waals surface area contributed by atoms with Crippen LogP contribution in [-0.4, -0.2) is 80.7 Å². The molecule has 2 atom stereocenters. The van der Waals surface area contributed by atoms with Crippen LogP contribution >= 0.6 is 7.82 Å². The molecule has 1 unspecified atom stereocenters. The quantitative estimate of drug-likeness (QED) is 0.0170. The van der Waals surface area contributed by atoms with Gasteiger partial charge in [-0.1, -0.05) is 116 Å². The number of hydrogen-bond acceptors (Lipinski definition) is 9. The van der Waals surface area contributed by atoms with Gasteiger partial charge in [0.15, 0.2) is 11.9 Å². The molecule has 11 nitrogen and oxygen atoms in total. The van der Waals surface area contributed by atoms with Crippen LogP contribution in [0, 0.1) is 13.8 Å². The number of allylic oxidation sites excluding steroid dienone is 4. The highest BCUT2D eigenvalue weighted by Crippen LogP contribution is 2.43. The number of phosphoric ester groups is 1. The molecule has 1 N–H and O–H groups in total. The lowest BCUT2D eigenvalue weighted by Crippen LogP contribution is -2.37. The van der Waals surface area contributed by atoms with Crippen LogP contribution in [0.25, 0.3) is 0 Å². The maximum absolute atomic E-state index is 12.8. The molecule has 0 radical (unpaired) electrons. The number of furan rings is 1. The maximum atomic E-state index is 12.8. The second-order valence-electron chi connectivity index (χ2n) is 17.4. The lowest BCUT2D eigenvalue weighted by Gasteiger charge is -2.24. The van der Waals surface area contributed by atoms with Crippen molar-refractivity contribution in [2.24, 2.45) is 0 Å². The van der Waals surface area contributed by atoms with E-state index in [1.54, 1.807) is 6.08 Å². The number of ether oxygens (including phenoxy) is 2. The van der Waals surface area contributed by atoms with Gasteiger partial charge in [0.2, 0.25) is 0 Å². The fourth-order valence-corrected chi connectivity index (χ4v) is 7.39. The van der Waals surface area contributed by atoms with Gasteiger partial charge in [-0.2, -0.15) is 0 Å². The number of carbonyl (C=O) groups excluding carboxylic acids is 3. The maximum Gasteiger partial charge on any atom is 0.472 e. The van der Waals surface area contributed by atoms with E-state index in [-0.39, 0.29) is 31.8 Å². The third kappa shape index (κ3) is 30.5. The summed E-state index contributed by atoms with van der Waals surface area (Å²) in [6, 6.07) is 0. The van der Waals surface area contributed by atoms with Gasteiger partial charge in [0.05, 0.1) is 27.7 Å². The zero-order valence-corrected chi connectivity index (χ0v) is 39.8. The molecule has 0 bridgehead atoms. The van der Waals surface area contributed by atoms with E-state index in [9.17, 15) is 23.8 Å². The molecule has 1 heterocycles. The molecule has 346 valence electrons. The Hall–Kier alpha value is -2.56. The first-order chi connectivity index (χ1) is 28.7. The summed E-state index contributed by atoms with van der Waals surface area (Å²) in [7, 11) is 1.40. The van der Waals surface area contributed by atoms with Crippen molar-refractivity contribution >= 4 is 25.5 Å². The number of hydrogen-bond donors (Lipinski definition) is 1. The first kappa shape index (κ1) is 55.5. The molecule has 12 heteroatoms. The summed E-state index contributed by atoms with van der Waals surface area (Å²) >= 11 is 0. The molecule has 60 heavy (non-hydrogen) atoms. The SMILES string of the molecule is CCCCCC(=O)/C=C/C=C\CCCCCCCC(=O)OC[C@H](COP(=O)(O)OCC[N+](C)(C)C)OC(=O)CCCCCCCCCCc1oc(CCCCC)c(C)c1C. The van der Waals surface area contributed by atoms with Crippen molar-refractivity contribution < 1.29 is 51.3 Å². The summed E-state index contributed by atoms with van der Waals surface area (Å²) in [5, 5.41) is 0. The minimum absolute atomic E-state index is 0.0105. The van der Waals surface area contributed by atoms with Crippen LogP contribution in [0.3, 0.4) is 0 Å². The van der Waals surface area contributed by atoms with Crippen molar-refractivity contribution in [2.45, 2.75) is 194 Å². The van der Waals surface area contributed by atoms with E-state index in [2.05, 4.69) is 33.8 Å². The topological polar surface area (TPSA) is 139 Å². The first-order valence-corrected chi connectivity index (χ1v) is 24.9. The molecule has 0 saturated carbocycles. The van der Waals surface area contributed by atoms with E-state index in [4.69, 9.17) is 22.9 Å². The summed E-state index contributed by atoms with van der Waals surface area (Å²) in [6.45, 7) is 8.52. The fourth-order valence-electron chi connectivity index (χ4n) is 6.64. The number of rotatable bonds is 39. The lowest BCUT2D eigenvalue weighted by molar-refractivity contribution is -0.870. The number of ketones is 1. The third-order valence-electron chi connectivity index (χ3n) is 10.7. The molecule has 0 saturated heterocycles. The normalized spacial score (nSPS) is 13.6. The average molecular weight is 867 g/mol. The molecule has 1 aromatic rings. The molecule has 0 aliphatic rings. The Kier molecular flexibility index (Phi) is 31.4. The van der Waals surface area contributed by atoms with Crippen LogP contribution in [-0.2, 0) is 50.3 Å². The zero-order valence-electron chi connectivity index (χ0n) is 38.9. The summed E-state index contributed by atoms with van der Waals surface area (Å²) in [5.74, 6) is 1.62. The second kappa shape index (κ2) is 34.0. The highest BCUT2D eigenvalue weighted by Gasteiger charge is 2.27. The Bertz CT molecular complexity index is 1410. The number of phosphoric acid groups is 1. The highest BCUT2D eigenvalue weighted by atomic mass is 31.2. The molecular weight excluding hydrogens is 781 g/mol. The Morgan fingerprint density at radius 2 is 1.18 bits per heavy atom. The molecule has 0 spiro atoms. The van der Waals surface area contributed by atoms with E-state index in [0.29, 0.717) is 30.3 Å². The number of unbranched alkanes of at least 4 members (excludes halogenated alkanes) is 16. The van der Waals surface area contributed by atoms with Gasteiger partial charge in [-0.3, -0.25) is 23.4 Å². The summed E-state index contributed by atoms with van der Waals surface area (Å²) in [4.78, 5) is 47.3. The van der Waals surface area contributed by atoms with Crippen LogP contribution in [0.4, 0.5) is 0 Å². The van der Waals surface area contributed by atoms with Gasteiger partial charge in [-0.15, -0.1) is 0 Å². The van der Waals surface area contributed by atoms with E-state index in [1.807, 2.05) is 33.3 Å². The summed E-state index contributed by atoms with van der Waals surface area (Å²) in [6.07, 6.45) is 30.2. The summed E-state index contributed by atoms with van der Waals surface area (Å²) < 4.78 is 40.6. The molecule has 0 aromatic carbocycles. The number of nitrogens with zero attached hydrogens (tertiary/aromatic N) is 1. The van der Waals surface area contributed by atoms with Gasteiger partial charge in [0, 0.05) is 32.1 Å². The highest BCUT2D eigenvalue weighted by molar-refractivity contribution is 7.47. The van der Waals surface area contributed by atoms with Gasteiger partial charge in [0.1, 0.15) is 31.3 Å². The van der Waals surface area contributed by atoms with Crippen LogP contribution in [0.2, 0.25) is 0 Å². The Morgan fingerprint density at radius 1 is 0.667 bits per heavy atom. The number of likely N-dealkylation sites (N-methyl/N-ethyl adjacent to an activating group) is 1. The second-order valence-corrected chi connectivity index (χ2v) is 18.9. The Morgan fingerprint density at radius 3 is 1.78 bits per heavy atom. The first-order valence-electron chi connectivity index (χ1n) is 23.4. The average Bonchev–Trinajstić information content (AvgIpc) is 3.46. The standard InChI is InChI=1S/C48H84NO10P/c1-8-10-25-31-43(50)32-27-21-17-13-12-14-19-23-29-35-47(51)55-39-44(40-57-60(53,54)56-38-37-49(5,6)7)58-48(52)36-30-24-20-16-15-18-22-28-34-46-42(4)41(3)45(59-46)33-26-11-9-2/h17,21,27,32,44H,8-16,18-20,22-26,28-31,33-40H2,1-7H3/p+1/b21-17-,32-27+/t44-/m1/s1. The summed E-state index contributed by atoms with van der Waals surface area (Å²) in [5.41, 5.74) is 2.64. The van der Waals surface area contributed by atoms with Crippen LogP contribution in [0.15, 0.2) is 28.7 Å². The van der Waals surface area contributed by atoms with Gasteiger partial charge < -0.3 is 23.3 Å². The van der Waals surface area contributed by atoms with E-state index >= 15 is 0 Å². The van der Waals surface area contributed by atoms with Gasteiger partial charge in [-0.25, -0.2) is 4.57 Å². The predicted octanol–water partition coefficient (Wildman–Crippen LogP) is 12.0. The van der Waals surface area contributed by atoms with Gasteiger partial charge in [-0.05, 0) is 76.0 Å². The third-order valence-corrected chi connectivity index (χ3v) is 11.6. The predicted molar refractivity (Wildman–Crippen MR) is 242 cm³/mol. The molecule has 1 rings (SSSR count). The minimum atomic E-state index is -4.41. The van der Waals surface area contributed by atoms with Crippen molar-refractivity contribution in [2.75, 3.05) is 47.5 Å². The molecule has 0 aliphatic carbocycles. The van der Waals surface area contributed by atoms with Crippen LogP contribution < -0.4 is 0 Å².